The number of ketones is 1. The van der Waals surface area contributed by atoms with Crippen molar-refractivity contribution in [2.45, 2.75) is 40.7 Å². The topological polar surface area (TPSA) is 108 Å². The predicted molar refractivity (Wildman–Crippen MR) is 135 cm³/mol. The molecular formula is C24H29Cl2N3O6. The molecule has 0 fully saturated rings. The van der Waals surface area contributed by atoms with Gasteiger partial charge in [0.25, 0.3) is 5.91 Å². The molecule has 0 saturated heterocycles. The number of rotatable bonds is 13. The van der Waals surface area contributed by atoms with Crippen LogP contribution >= 0.6 is 23.2 Å². The number of nitrogens with one attached hydrogen (secondary N) is 1. The van der Waals surface area contributed by atoms with Gasteiger partial charge < -0.3 is 24.3 Å². The number of hydrogen-bond acceptors (Lipinski definition) is 8. The van der Waals surface area contributed by atoms with Crippen molar-refractivity contribution in [3.05, 3.63) is 34.3 Å². The second-order valence-electron chi connectivity index (χ2n) is 6.95. The van der Waals surface area contributed by atoms with Crippen LogP contribution in [-0.2, 0) is 9.59 Å². The van der Waals surface area contributed by atoms with Crippen molar-refractivity contribution < 1.29 is 28.5 Å². The first-order valence-corrected chi connectivity index (χ1v) is 11.9. The highest BCUT2D eigenvalue weighted by Crippen LogP contribution is 2.41. The maximum atomic E-state index is 13.0. The molecule has 1 unspecified atom stereocenters. The van der Waals surface area contributed by atoms with Gasteiger partial charge >= 0.3 is 0 Å². The number of ether oxygens (including phenoxy) is 4. The Hall–Kier alpha value is -3.04. The van der Waals surface area contributed by atoms with Gasteiger partial charge in [-0.05, 0) is 46.8 Å². The second kappa shape index (κ2) is 13.7. The van der Waals surface area contributed by atoms with E-state index in [1.54, 1.807) is 32.0 Å². The Morgan fingerprint density at radius 3 is 2.09 bits per heavy atom. The normalized spacial score (nSPS) is 11.7. The Balaban J connectivity index is 2.38. The number of halogens is 2. The molecule has 35 heavy (non-hydrogen) atoms. The number of anilines is 1. The van der Waals surface area contributed by atoms with E-state index in [0.29, 0.717) is 48.7 Å². The average Bonchev–Trinajstić information content (AvgIpc) is 2.81. The van der Waals surface area contributed by atoms with Crippen LogP contribution in [0.2, 0.25) is 10.0 Å². The minimum Gasteiger partial charge on any atom is -0.492 e. The predicted octanol–water partition coefficient (Wildman–Crippen LogP) is 6.27. The van der Waals surface area contributed by atoms with Crippen molar-refractivity contribution in [1.29, 1.82) is 0 Å². The fraction of sp³-hybridized carbons (Fsp3) is 0.417. The van der Waals surface area contributed by atoms with Gasteiger partial charge in [-0.2, -0.15) is 10.2 Å². The van der Waals surface area contributed by atoms with Crippen LogP contribution in [0.3, 0.4) is 0 Å². The highest BCUT2D eigenvalue weighted by Gasteiger charge is 2.26. The van der Waals surface area contributed by atoms with E-state index in [-0.39, 0.29) is 22.1 Å². The Morgan fingerprint density at radius 1 is 0.886 bits per heavy atom. The largest absolute Gasteiger partial charge is 0.492 e. The number of azo groups is 1. The van der Waals surface area contributed by atoms with E-state index in [2.05, 4.69) is 15.5 Å². The van der Waals surface area contributed by atoms with Gasteiger partial charge in [0.1, 0.15) is 28.0 Å². The fourth-order valence-corrected chi connectivity index (χ4v) is 3.45. The van der Waals surface area contributed by atoms with Gasteiger partial charge in [-0.3, -0.25) is 9.59 Å². The van der Waals surface area contributed by atoms with Crippen LogP contribution in [-0.4, -0.2) is 44.2 Å². The van der Waals surface area contributed by atoms with Crippen LogP contribution in [0.4, 0.5) is 11.4 Å². The summed E-state index contributed by atoms with van der Waals surface area (Å²) in [4.78, 5) is 25.3. The van der Waals surface area contributed by atoms with Gasteiger partial charge in [-0.15, -0.1) is 0 Å². The molecule has 9 nitrogen and oxygen atoms in total. The number of Topliss-reactive ketones (excluding diaryl/α,β-unsaturated/α-hetero) is 1. The number of nitrogens with zero attached hydrogens (tertiary/aromatic N) is 2. The molecule has 0 aliphatic carbocycles. The van der Waals surface area contributed by atoms with E-state index in [9.17, 15) is 9.59 Å². The minimum absolute atomic E-state index is 0.207. The molecule has 0 aliphatic rings. The lowest BCUT2D eigenvalue weighted by Gasteiger charge is -2.17. The van der Waals surface area contributed by atoms with Gasteiger partial charge in [0.05, 0.1) is 37.1 Å². The zero-order valence-electron chi connectivity index (χ0n) is 20.3. The number of amides is 1. The molecule has 190 valence electrons. The third-order valence-electron chi connectivity index (χ3n) is 4.44. The van der Waals surface area contributed by atoms with Crippen molar-refractivity contribution in [3.8, 4) is 23.0 Å². The molecule has 0 saturated carbocycles. The summed E-state index contributed by atoms with van der Waals surface area (Å²) in [5, 5.41) is 11.3. The van der Waals surface area contributed by atoms with Crippen LogP contribution in [0.25, 0.3) is 0 Å². The van der Waals surface area contributed by atoms with Crippen molar-refractivity contribution in [2.24, 2.45) is 10.2 Å². The zero-order chi connectivity index (χ0) is 26.0. The molecule has 0 heterocycles. The number of carbonyl (C=O) groups excluding carboxylic acids is 2. The van der Waals surface area contributed by atoms with Gasteiger partial charge in [0.15, 0.2) is 11.5 Å². The minimum atomic E-state index is -1.43. The average molecular weight is 526 g/mol. The lowest BCUT2D eigenvalue weighted by molar-refractivity contribution is -0.126. The summed E-state index contributed by atoms with van der Waals surface area (Å²) in [7, 11) is 0. The molecule has 0 spiro atoms. The summed E-state index contributed by atoms with van der Waals surface area (Å²) in [6, 6.07) is 4.83. The van der Waals surface area contributed by atoms with Crippen LogP contribution in [0.15, 0.2) is 34.5 Å². The van der Waals surface area contributed by atoms with Crippen molar-refractivity contribution in [1.82, 2.24) is 0 Å². The standard InChI is InChI=1S/C24H29Cl2N3O6/c1-6-32-18-11-10-16(23(21(18)26)35-9-4)27-24(31)22(14(5)30)29-28-17-13-19(33-7-2)15(25)12-20(17)34-8-3/h10-13,22H,6-9H2,1-5H3,(H,27,31). The molecule has 1 atom stereocenters. The van der Waals surface area contributed by atoms with Crippen LogP contribution < -0.4 is 24.3 Å². The first-order valence-electron chi connectivity index (χ1n) is 11.2. The van der Waals surface area contributed by atoms with Gasteiger partial charge in [0.2, 0.25) is 6.04 Å². The molecule has 1 amide bonds. The monoisotopic (exact) mass is 525 g/mol. The summed E-state index contributed by atoms with van der Waals surface area (Å²) in [6.07, 6.45) is 0. The zero-order valence-corrected chi connectivity index (χ0v) is 21.8. The lowest BCUT2D eigenvalue weighted by Crippen LogP contribution is -2.32. The second-order valence-corrected chi connectivity index (χ2v) is 7.74. The lowest BCUT2D eigenvalue weighted by atomic mass is 10.2. The van der Waals surface area contributed by atoms with Gasteiger partial charge in [0, 0.05) is 12.1 Å². The van der Waals surface area contributed by atoms with E-state index < -0.39 is 17.7 Å². The van der Waals surface area contributed by atoms with E-state index in [0.717, 1.165) is 0 Å². The van der Waals surface area contributed by atoms with Gasteiger partial charge in [-0.25, -0.2) is 0 Å². The Labute approximate surface area is 214 Å². The molecule has 2 aromatic carbocycles. The van der Waals surface area contributed by atoms with E-state index in [1.165, 1.54) is 13.0 Å². The Bertz CT molecular complexity index is 1080. The Kier molecular flexibility index (Phi) is 11.1. The van der Waals surface area contributed by atoms with Crippen molar-refractivity contribution >= 4 is 46.3 Å². The highest BCUT2D eigenvalue weighted by molar-refractivity contribution is 6.34. The molecule has 0 aliphatic heterocycles. The number of carbonyl (C=O) groups is 2. The molecule has 0 aromatic heterocycles. The molecule has 0 bridgehead atoms. The highest BCUT2D eigenvalue weighted by atomic mass is 35.5. The molecule has 1 N–H and O–H groups in total. The Morgan fingerprint density at radius 2 is 1.49 bits per heavy atom. The van der Waals surface area contributed by atoms with Crippen molar-refractivity contribution in [3.63, 3.8) is 0 Å². The summed E-state index contributed by atoms with van der Waals surface area (Å²) in [6.45, 7) is 9.90. The molecular weight excluding hydrogens is 497 g/mol. The van der Waals surface area contributed by atoms with E-state index in [1.807, 2.05) is 13.8 Å². The quantitative estimate of drug-likeness (QED) is 0.244. The third kappa shape index (κ3) is 7.47. The van der Waals surface area contributed by atoms with Gasteiger partial charge in [-0.1, -0.05) is 23.2 Å². The molecule has 2 aromatic rings. The van der Waals surface area contributed by atoms with Crippen LogP contribution in [0.5, 0.6) is 23.0 Å². The SMILES string of the molecule is CCOc1cc(N=NC(C(C)=O)C(=O)Nc2ccc(OCC)c(Cl)c2OCC)c(OCC)cc1Cl. The van der Waals surface area contributed by atoms with E-state index in [4.69, 9.17) is 42.1 Å². The van der Waals surface area contributed by atoms with Crippen molar-refractivity contribution in [2.75, 3.05) is 31.7 Å². The third-order valence-corrected chi connectivity index (χ3v) is 5.09. The van der Waals surface area contributed by atoms with E-state index >= 15 is 0 Å². The molecule has 2 rings (SSSR count). The summed E-state index contributed by atoms with van der Waals surface area (Å²) >= 11 is 12.6. The smallest absolute Gasteiger partial charge is 0.258 e. The molecule has 11 heteroatoms. The summed E-state index contributed by atoms with van der Waals surface area (Å²) in [5.74, 6) is 0.128. The maximum absolute atomic E-state index is 13.0. The number of benzene rings is 2. The maximum Gasteiger partial charge on any atom is 0.258 e. The molecule has 0 radical (unpaired) electrons. The summed E-state index contributed by atoms with van der Waals surface area (Å²) in [5.41, 5.74) is 0.532. The number of hydrogen-bond donors (Lipinski definition) is 1. The first-order chi connectivity index (χ1) is 16.8. The summed E-state index contributed by atoms with van der Waals surface area (Å²) < 4.78 is 22.1. The van der Waals surface area contributed by atoms with Crippen LogP contribution in [0, 0.1) is 0 Å². The fourth-order valence-electron chi connectivity index (χ4n) is 2.97. The van der Waals surface area contributed by atoms with Crippen LogP contribution in [0.1, 0.15) is 34.6 Å². The first kappa shape index (κ1) is 28.2.